The molecular weight excluding hydrogens is 340 g/mol. The summed E-state index contributed by atoms with van der Waals surface area (Å²) in [5.74, 6) is 2.53. The molecule has 1 aromatic heterocycles. The normalized spacial score (nSPS) is 13.6. The van der Waals surface area contributed by atoms with Crippen LogP contribution < -0.4 is 9.47 Å². The maximum absolute atomic E-state index is 5.60. The van der Waals surface area contributed by atoms with Crippen LogP contribution in [0.5, 0.6) is 11.5 Å². The minimum absolute atomic E-state index is 0.619. The fourth-order valence-corrected chi connectivity index (χ4v) is 3.75. The molecule has 0 spiro atoms. The molecule has 0 radical (unpaired) electrons. The van der Waals surface area contributed by atoms with Gasteiger partial charge in [0.25, 0.3) is 0 Å². The van der Waals surface area contributed by atoms with Crippen molar-refractivity contribution in [3.8, 4) is 11.5 Å². The summed E-state index contributed by atoms with van der Waals surface area (Å²) in [6, 6.07) is 6.08. The van der Waals surface area contributed by atoms with Crippen LogP contribution in [-0.2, 0) is 12.8 Å². The second-order valence-electron chi connectivity index (χ2n) is 4.56. The topological polar surface area (TPSA) is 36.3 Å². The molecule has 4 nitrogen and oxygen atoms in total. The quantitative estimate of drug-likeness (QED) is 0.789. The fraction of sp³-hybridized carbons (Fsp3) is 0.357. The number of hydrogen-bond donors (Lipinski definition) is 0. The van der Waals surface area contributed by atoms with Crippen molar-refractivity contribution in [1.82, 2.24) is 9.78 Å². The monoisotopic (exact) mass is 354 g/mol. The minimum Gasteiger partial charge on any atom is -0.486 e. The van der Waals surface area contributed by atoms with Crippen molar-refractivity contribution >= 4 is 27.7 Å². The Kier molecular flexibility index (Phi) is 3.94. The van der Waals surface area contributed by atoms with E-state index in [1.807, 2.05) is 30.8 Å². The third-order valence-electron chi connectivity index (χ3n) is 3.15. The highest BCUT2D eigenvalue weighted by Crippen LogP contribution is 2.36. The SMILES string of the molecule is Cc1nn(C)c(CSc2ccc3c(c2)OCCO3)c1Br. The van der Waals surface area contributed by atoms with Crippen LogP contribution in [0.1, 0.15) is 11.4 Å². The molecule has 2 aromatic rings. The van der Waals surface area contributed by atoms with Crippen molar-refractivity contribution in [3.63, 3.8) is 0 Å². The number of hydrogen-bond acceptors (Lipinski definition) is 4. The zero-order valence-corrected chi connectivity index (χ0v) is 13.8. The molecule has 106 valence electrons. The van der Waals surface area contributed by atoms with E-state index < -0.39 is 0 Å². The van der Waals surface area contributed by atoms with Gasteiger partial charge in [-0.2, -0.15) is 5.10 Å². The van der Waals surface area contributed by atoms with Crippen molar-refractivity contribution < 1.29 is 9.47 Å². The predicted molar refractivity (Wildman–Crippen MR) is 82.6 cm³/mol. The molecule has 0 saturated heterocycles. The zero-order valence-electron chi connectivity index (χ0n) is 11.4. The smallest absolute Gasteiger partial charge is 0.162 e. The summed E-state index contributed by atoms with van der Waals surface area (Å²) in [4.78, 5) is 1.17. The van der Waals surface area contributed by atoms with E-state index in [2.05, 4.69) is 27.1 Å². The number of rotatable bonds is 3. The molecule has 1 aromatic carbocycles. The van der Waals surface area contributed by atoms with E-state index in [0.29, 0.717) is 13.2 Å². The highest BCUT2D eigenvalue weighted by Gasteiger charge is 2.14. The van der Waals surface area contributed by atoms with E-state index in [4.69, 9.17) is 9.47 Å². The standard InChI is InChI=1S/C14H15BrN2O2S/c1-9-14(15)11(17(2)16-9)8-20-10-3-4-12-13(7-10)19-6-5-18-12/h3-4,7H,5-6,8H2,1-2H3. The van der Waals surface area contributed by atoms with Crippen LogP contribution >= 0.6 is 27.7 Å². The van der Waals surface area contributed by atoms with Gasteiger partial charge >= 0.3 is 0 Å². The summed E-state index contributed by atoms with van der Waals surface area (Å²) >= 11 is 5.35. The zero-order chi connectivity index (χ0) is 14.1. The average molecular weight is 355 g/mol. The first kappa shape index (κ1) is 13.8. The van der Waals surface area contributed by atoms with Gasteiger partial charge in [0.05, 0.1) is 15.9 Å². The Hall–Kier alpha value is -1.14. The van der Waals surface area contributed by atoms with E-state index >= 15 is 0 Å². The molecule has 0 fully saturated rings. The van der Waals surface area contributed by atoms with Crippen LogP contribution in [-0.4, -0.2) is 23.0 Å². The number of ether oxygens (including phenoxy) is 2. The number of nitrogens with zero attached hydrogens (tertiary/aromatic N) is 2. The van der Waals surface area contributed by atoms with E-state index in [1.165, 1.54) is 10.6 Å². The van der Waals surface area contributed by atoms with E-state index in [0.717, 1.165) is 27.4 Å². The Balaban J connectivity index is 1.75. The third kappa shape index (κ3) is 2.67. The molecule has 1 aliphatic rings. The van der Waals surface area contributed by atoms with E-state index in [1.54, 1.807) is 11.8 Å². The van der Waals surface area contributed by atoms with Crippen molar-refractivity contribution in [3.05, 3.63) is 34.1 Å². The molecule has 0 amide bonds. The average Bonchev–Trinajstić information content (AvgIpc) is 2.70. The first-order valence-electron chi connectivity index (χ1n) is 6.35. The maximum atomic E-state index is 5.60. The summed E-state index contributed by atoms with van der Waals surface area (Å²) in [5.41, 5.74) is 2.20. The van der Waals surface area contributed by atoms with Crippen LogP contribution in [0.2, 0.25) is 0 Å². The summed E-state index contributed by atoms with van der Waals surface area (Å²) in [6.45, 7) is 3.25. The van der Waals surface area contributed by atoms with Gasteiger partial charge in [0.1, 0.15) is 13.2 Å². The second-order valence-corrected chi connectivity index (χ2v) is 6.41. The molecule has 0 unspecified atom stereocenters. The van der Waals surface area contributed by atoms with Gasteiger partial charge in [0, 0.05) is 17.7 Å². The van der Waals surface area contributed by atoms with Gasteiger partial charge in [0.15, 0.2) is 11.5 Å². The Morgan fingerprint density at radius 2 is 2.05 bits per heavy atom. The van der Waals surface area contributed by atoms with Crippen LogP contribution in [0.15, 0.2) is 27.6 Å². The highest BCUT2D eigenvalue weighted by atomic mass is 79.9. The lowest BCUT2D eigenvalue weighted by molar-refractivity contribution is 0.171. The minimum atomic E-state index is 0.619. The number of aryl methyl sites for hydroxylation is 2. The Morgan fingerprint density at radius 1 is 1.30 bits per heavy atom. The van der Waals surface area contributed by atoms with Crippen molar-refractivity contribution in [2.24, 2.45) is 7.05 Å². The van der Waals surface area contributed by atoms with Crippen LogP contribution in [0.3, 0.4) is 0 Å². The van der Waals surface area contributed by atoms with Crippen molar-refractivity contribution in [1.29, 1.82) is 0 Å². The molecule has 1 aliphatic heterocycles. The van der Waals surface area contributed by atoms with Gasteiger partial charge in [-0.1, -0.05) is 0 Å². The lowest BCUT2D eigenvalue weighted by atomic mass is 10.3. The number of halogens is 1. The van der Waals surface area contributed by atoms with Crippen molar-refractivity contribution in [2.75, 3.05) is 13.2 Å². The number of fused-ring (bicyclic) bond motifs is 1. The third-order valence-corrected chi connectivity index (χ3v) is 5.19. The summed E-state index contributed by atoms with van der Waals surface area (Å²) < 4.78 is 14.1. The molecule has 0 N–H and O–H groups in total. The summed E-state index contributed by atoms with van der Waals surface area (Å²) in [5, 5.41) is 4.40. The molecule has 0 atom stereocenters. The molecular formula is C14H15BrN2O2S. The molecule has 2 heterocycles. The van der Waals surface area contributed by atoms with E-state index in [-0.39, 0.29) is 0 Å². The molecule has 0 bridgehead atoms. The van der Waals surface area contributed by atoms with Gasteiger partial charge in [-0.25, -0.2) is 0 Å². The van der Waals surface area contributed by atoms with Gasteiger partial charge in [-0.15, -0.1) is 11.8 Å². The lowest BCUT2D eigenvalue weighted by Crippen LogP contribution is -2.15. The Bertz CT molecular complexity index is 642. The fourth-order valence-electron chi connectivity index (χ4n) is 2.10. The Labute approximate surface area is 130 Å². The number of thioether (sulfide) groups is 1. The van der Waals surface area contributed by atoms with E-state index in [9.17, 15) is 0 Å². The Morgan fingerprint density at radius 3 is 2.75 bits per heavy atom. The first-order valence-corrected chi connectivity index (χ1v) is 8.13. The predicted octanol–water partition coefficient (Wildman–Crippen LogP) is 3.55. The van der Waals surface area contributed by atoms with Gasteiger partial charge in [0.2, 0.25) is 0 Å². The maximum Gasteiger partial charge on any atom is 0.162 e. The lowest BCUT2D eigenvalue weighted by Gasteiger charge is -2.18. The highest BCUT2D eigenvalue weighted by molar-refractivity contribution is 9.10. The molecule has 0 aliphatic carbocycles. The van der Waals surface area contributed by atoms with Crippen molar-refractivity contribution in [2.45, 2.75) is 17.6 Å². The van der Waals surface area contributed by atoms with Crippen LogP contribution in [0.25, 0.3) is 0 Å². The van der Waals surface area contributed by atoms with Gasteiger partial charge in [-0.3, -0.25) is 4.68 Å². The molecule has 6 heteroatoms. The summed E-state index contributed by atoms with van der Waals surface area (Å²) in [7, 11) is 1.97. The van der Waals surface area contributed by atoms with Crippen LogP contribution in [0.4, 0.5) is 0 Å². The van der Waals surface area contributed by atoms with Crippen LogP contribution in [0, 0.1) is 6.92 Å². The molecule has 20 heavy (non-hydrogen) atoms. The molecule has 3 rings (SSSR count). The number of aromatic nitrogens is 2. The van der Waals surface area contributed by atoms with Gasteiger partial charge in [-0.05, 0) is 41.1 Å². The largest absolute Gasteiger partial charge is 0.486 e. The molecule has 0 saturated carbocycles. The number of benzene rings is 1. The van der Waals surface area contributed by atoms with Gasteiger partial charge < -0.3 is 9.47 Å². The first-order chi connectivity index (χ1) is 9.65. The summed E-state index contributed by atoms with van der Waals surface area (Å²) in [6.07, 6.45) is 0. The second kappa shape index (κ2) is 5.69.